The second-order valence-electron chi connectivity index (χ2n) is 4.02. The van der Waals surface area contributed by atoms with Crippen molar-refractivity contribution in [1.29, 1.82) is 0 Å². The van der Waals surface area contributed by atoms with Crippen LogP contribution >= 0.6 is 27.3 Å². The van der Waals surface area contributed by atoms with E-state index in [1.165, 1.54) is 0 Å². The average Bonchev–Trinajstić information content (AvgIpc) is 2.92. The molecule has 2 rings (SSSR count). The molecule has 0 bridgehead atoms. The van der Waals surface area contributed by atoms with E-state index in [2.05, 4.69) is 31.4 Å². The zero-order valence-corrected chi connectivity index (χ0v) is 13.8. The van der Waals surface area contributed by atoms with E-state index in [4.69, 9.17) is 9.47 Å². The minimum Gasteiger partial charge on any atom is -0.496 e. The first kappa shape index (κ1) is 15.4. The minimum absolute atomic E-state index is 0.692. The van der Waals surface area contributed by atoms with Crippen molar-refractivity contribution < 1.29 is 9.47 Å². The summed E-state index contributed by atoms with van der Waals surface area (Å²) in [4.78, 5) is 0. The minimum atomic E-state index is 0.692. The molecule has 0 atom stereocenters. The zero-order valence-electron chi connectivity index (χ0n) is 11.4. The molecule has 0 spiro atoms. The smallest absolute Gasteiger partial charge is 0.147 e. The van der Waals surface area contributed by atoms with Crippen molar-refractivity contribution in [3.05, 3.63) is 27.7 Å². The van der Waals surface area contributed by atoms with Crippen LogP contribution in [0.4, 0.5) is 0 Å². The van der Waals surface area contributed by atoms with Gasteiger partial charge in [0.15, 0.2) is 0 Å². The predicted octanol–water partition coefficient (Wildman–Crippen LogP) is 2.71. The summed E-state index contributed by atoms with van der Waals surface area (Å²) >= 11 is 5.05. The number of halogens is 1. The van der Waals surface area contributed by atoms with Gasteiger partial charge >= 0.3 is 0 Å². The Bertz CT molecular complexity index is 562. The van der Waals surface area contributed by atoms with Crippen molar-refractivity contribution in [2.45, 2.75) is 6.54 Å². The van der Waals surface area contributed by atoms with Crippen LogP contribution in [0.1, 0.15) is 5.01 Å². The molecule has 0 aliphatic carbocycles. The topological polar surface area (TPSA) is 56.3 Å². The van der Waals surface area contributed by atoms with Crippen LogP contribution in [-0.2, 0) is 11.3 Å². The molecule has 0 fully saturated rings. The zero-order chi connectivity index (χ0) is 14.4. The van der Waals surface area contributed by atoms with Gasteiger partial charge in [-0.25, -0.2) is 0 Å². The fraction of sp³-hybridized carbons (Fsp3) is 0.385. The maximum atomic E-state index is 5.22. The van der Waals surface area contributed by atoms with Gasteiger partial charge in [-0.1, -0.05) is 11.3 Å². The lowest BCUT2D eigenvalue weighted by Gasteiger charge is -2.03. The second-order valence-corrected chi connectivity index (χ2v) is 5.94. The average molecular weight is 358 g/mol. The van der Waals surface area contributed by atoms with Crippen LogP contribution in [0.15, 0.2) is 22.7 Å². The number of hydrogen-bond donors (Lipinski definition) is 1. The Morgan fingerprint density at radius 2 is 2.15 bits per heavy atom. The summed E-state index contributed by atoms with van der Waals surface area (Å²) in [5.74, 6) is 0.805. The molecule has 0 radical (unpaired) electrons. The Kier molecular flexibility index (Phi) is 5.90. The molecule has 0 saturated heterocycles. The third-order valence-electron chi connectivity index (χ3n) is 2.62. The third kappa shape index (κ3) is 3.99. The normalized spacial score (nSPS) is 10.8. The molecule has 0 unspecified atom stereocenters. The van der Waals surface area contributed by atoms with Gasteiger partial charge in [0.1, 0.15) is 15.8 Å². The Morgan fingerprint density at radius 3 is 2.85 bits per heavy atom. The highest BCUT2D eigenvalue weighted by Gasteiger charge is 2.09. The van der Waals surface area contributed by atoms with E-state index in [1.807, 2.05) is 18.2 Å². The van der Waals surface area contributed by atoms with Crippen molar-refractivity contribution in [3.63, 3.8) is 0 Å². The molecule has 5 nitrogen and oxygen atoms in total. The maximum Gasteiger partial charge on any atom is 0.147 e. The van der Waals surface area contributed by atoms with Crippen molar-refractivity contribution in [1.82, 2.24) is 15.5 Å². The van der Waals surface area contributed by atoms with E-state index in [0.717, 1.165) is 32.3 Å². The van der Waals surface area contributed by atoms with Crippen LogP contribution < -0.4 is 10.1 Å². The monoisotopic (exact) mass is 357 g/mol. The van der Waals surface area contributed by atoms with Crippen molar-refractivity contribution in [2.24, 2.45) is 0 Å². The van der Waals surface area contributed by atoms with E-state index in [9.17, 15) is 0 Å². The summed E-state index contributed by atoms with van der Waals surface area (Å²) in [6, 6.07) is 5.88. The first-order chi connectivity index (χ1) is 9.74. The number of aromatic nitrogens is 2. The molecule has 20 heavy (non-hydrogen) atoms. The molecule has 1 aromatic carbocycles. The molecule has 2 aromatic rings. The van der Waals surface area contributed by atoms with E-state index in [-0.39, 0.29) is 0 Å². The Labute approximate surface area is 130 Å². The highest BCUT2D eigenvalue weighted by molar-refractivity contribution is 9.10. The predicted molar refractivity (Wildman–Crippen MR) is 83.2 cm³/mol. The largest absolute Gasteiger partial charge is 0.496 e. The number of nitrogens with zero attached hydrogens (tertiary/aromatic N) is 2. The van der Waals surface area contributed by atoms with E-state index in [0.29, 0.717) is 13.2 Å². The van der Waals surface area contributed by atoms with Crippen LogP contribution in [0.25, 0.3) is 10.6 Å². The number of methoxy groups -OCH3 is 2. The molecule has 108 valence electrons. The van der Waals surface area contributed by atoms with Crippen molar-refractivity contribution in [2.75, 3.05) is 27.4 Å². The summed E-state index contributed by atoms with van der Waals surface area (Å²) < 4.78 is 11.1. The summed E-state index contributed by atoms with van der Waals surface area (Å²) in [7, 11) is 3.33. The Morgan fingerprint density at radius 1 is 1.30 bits per heavy atom. The highest BCUT2D eigenvalue weighted by atomic mass is 79.9. The van der Waals surface area contributed by atoms with Gasteiger partial charge in [0.2, 0.25) is 0 Å². The second kappa shape index (κ2) is 7.68. The summed E-state index contributed by atoms with van der Waals surface area (Å²) in [6.07, 6.45) is 0. The molecule has 0 amide bonds. The first-order valence-electron chi connectivity index (χ1n) is 6.10. The lowest BCUT2D eigenvalue weighted by molar-refractivity contribution is 0.199. The number of hydrogen-bond acceptors (Lipinski definition) is 6. The van der Waals surface area contributed by atoms with Gasteiger partial charge in [0, 0.05) is 25.8 Å². The van der Waals surface area contributed by atoms with Crippen LogP contribution in [-0.4, -0.2) is 37.6 Å². The van der Waals surface area contributed by atoms with Gasteiger partial charge in [-0.2, -0.15) is 0 Å². The molecule has 7 heteroatoms. The first-order valence-corrected chi connectivity index (χ1v) is 7.71. The lowest BCUT2D eigenvalue weighted by atomic mass is 10.2. The number of nitrogens with one attached hydrogen (secondary N) is 1. The molecule has 1 aromatic heterocycles. The quantitative estimate of drug-likeness (QED) is 0.772. The summed E-state index contributed by atoms with van der Waals surface area (Å²) in [6.45, 7) is 2.20. The third-order valence-corrected chi connectivity index (χ3v) is 4.22. The van der Waals surface area contributed by atoms with E-state index >= 15 is 0 Å². The SMILES string of the molecule is COCCNCc1nnc(-c2ccc(OC)c(Br)c2)s1. The molecule has 0 aliphatic heterocycles. The fourth-order valence-electron chi connectivity index (χ4n) is 1.61. The van der Waals surface area contributed by atoms with Crippen molar-refractivity contribution in [3.8, 4) is 16.3 Å². The van der Waals surface area contributed by atoms with Gasteiger partial charge in [0.05, 0.1) is 18.2 Å². The highest BCUT2D eigenvalue weighted by Crippen LogP contribution is 2.31. The molecule has 0 aliphatic rings. The molecule has 0 saturated carbocycles. The number of benzene rings is 1. The van der Waals surface area contributed by atoms with Gasteiger partial charge in [-0.15, -0.1) is 10.2 Å². The Balaban J connectivity index is 2.03. The molecule has 1 N–H and O–H groups in total. The van der Waals surface area contributed by atoms with Gasteiger partial charge < -0.3 is 14.8 Å². The van der Waals surface area contributed by atoms with Crippen LogP contribution in [0.3, 0.4) is 0 Å². The number of rotatable bonds is 7. The van der Waals surface area contributed by atoms with Crippen molar-refractivity contribution >= 4 is 27.3 Å². The van der Waals surface area contributed by atoms with Crippen LogP contribution in [0, 0.1) is 0 Å². The molecular formula is C13H16BrN3O2S. The van der Waals surface area contributed by atoms with E-state index in [1.54, 1.807) is 25.6 Å². The van der Waals surface area contributed by atoms with E-state index < -0.39 is 0 Å². The fourth-order valence-corrected chi connectivity index (χ4v) is 2.96. The van der Waals surface area contributed by atoms with Crippen LogP contribution in [0.2, 0.25) is 0 Å². The van der Waals surface area contributed by atoms with Gasteiger partial charge in [0.25, 0.3) is 0 Å². The standard InChI is InChI=1S/C13H16BrN3O2S/c1-18-6-5-15-8-12-16-17-13(20-12)9-3-4-11(19-2)10(14)7-9/h3-4,7,15H,5-6,8H2,1-2H3. The Hall–Kier alpha value is -1.02. The summed E-state index contributed by atoms with van der Waals surface area (Å²) in [5, 5.41) is 13.5. The van der Waals surface area contributed by atoms with Crippen LogP contribution in [0.5, 0.6) is 5.75 Å². The maximum absolute atomic E-state index is 5.22. The molecular weight excluding hydrogens is 342 g/mol. The van der Waals surface area contributed by atoms with Gasteiger partial charge in [-0.3, -0.25) is 0 Å². The summed E-state index contributed by atoms with van der Waals surface area (Å²) in [5.41, 5.74) is 1.03. The molecule has 1 heterocycles. The lowest BCUT2D eigenvalue weighted by Crippen LogP contribution is -2.18. The number of ether oxygens (including phenoxy) is 2. The van der Waals surface area contributed by atoms with Gasteiger partial charge in [-0.05, 0) is 34.1 Å².